The summed E-state index contributed by atoms with van der Waals surface area (Å²) < 4.78 is 2.48. The summed E-state index contributed by atoms with van der Waals surface area (Å²) in [5, 5.41) is 10.1. The van der Waals surface area contributed by atoms with Gasteiger partial charge in [0.2, 0.25) is 0 Å². The molecule has 0 spiro atoms. The SMILES string of the molecule is CC(C)(C)c1cc(-c2ccccc2)cc(N(c2cc(-c3cc(C(C)(C)C)cc(C(C)(C)C)c3)cc(C(C)(C)C)c2)c2ccc3ccc4c(-n5c6ccccc6c6ccccc65)ccc5ccc2c3c54)c1. The number of aromatic nitrogens is 1. The first-order valence-corrected chi connectivity index (χ1v) is 25.2. The van der Waals surface area contributed by atoms with Crippen LogP contribution in [0.1, 0.15) is 105 Å². The highest BCUT2D eigenvalue weighted by Crippen LogP contribution is 2.49. The maximum absolute atomic E-state index is 2.58. The average Bonchev–Trinajstić information content (AvgIpc) is 3.66. The van der Waals surface area contributed by atoms with E-state index in [0.29, 0.717) is 0 Å². The number of hydrogen-bond acceptors (Lipinski definition) is 1. The van der Waals surface area contributed by atoms with E-state index >= 15 is 0 Å². The van der Waals surface area contributed by atoms with Gasteiger partial charge in [-0.05, 0) is 136 Å². The van der Waals surface area contributed by atoms with Gasteiger partial charge in [-0.2, -0.15) is 0 Å². The first-order chi connectivity index (χ1) is 33.2. The monoisotopic (exact) mass is 911 g/mol. The molecular weight excluding hydrogens is 845 g/mol. The number of benzene rings is 10. The van der Waals surface area contributed by atoms with Gasteiger partial charge in [0, 0.05) is 32.9 Å². The molecule has 0 fully saturated rings. The van der Waals surface area contributed by atoms with Gasteiger partial charge in [-0.25, -0.2) is 0 Å². The minimum Gasteiger partial charge on any atom is -0.310 e. The standard InChI is InChI=1S/C68H66N2/c1-65(2,3)49-34-46(35-50(40-49)66(4,5)6)48-37-52(68(10,11)12)42-54(39-48)69(53-38-47(43-20-14-13-15-21-43)36-51(41-53)67(7,8)9)61-32-28-44-27-31-58-62(33-29-45-26-30-57(61)63(44)64(45)58)70-59-24-18-16-22-55(59)56-23-17-19-25-60(56)70/h13-42H,1-12H3. The van der Waals surface area contributed by atoms with Crippen molar-refractivity contribution in [2.24, 2.45) is 0 Å². The quantitative estimate of drug-likeness (QED) is 0.151. The highest BCUT2D eigenvalue weighted by molar-refractivity contribution is 6.27. The van der Waals surface area contributed by atoms with E-state index in [1.165, 1.54) is 104 Å². The highest BCUT2D eigenvalue weighted by atomic mass is 15.1. The zero-order chi connectivity index (χ0) is 49.1. The van der Waals surface area contributed by atoms with Gasteiger partial charge in [-0.15, -0.1) is 0 Å². The molecule has 0 amide bonds. The van der Waals surface area contributed by atoms with Crippen molar-refractivity contribution < 1.29 is 0 Å². The molecule has 10 aromatic carbocycles. The number of hydrogen-bond donors (Lipinski definition) is 0. The molecule has 0 radical (unpaired) electrons. The molecule has 0 aliphatic rings. The van der Waals surface area contributed by atoms with E-state index < -0.39 is 0 Å². The fourth-order valence-electron chi connectivity index (χ4n) is 10.7. The lowest BCUT2D eigenvalue weighted by Crippen LogP contribution is -2.18. The highest BCUT2D eigenvalue weighted by Gasteiger charge is 2.27. The summed E-state index contributed by atoms with van der Waals surface area (Å²) in [5.41, 5.74) is 17.0. The second-order valence-corrected chi connectivity index (χ2v) is 24.0. The molecule has 0 saturated heterocycles. The van der Waals surface area contributed by atoms with Crippen molar-refractivity contribution >= 4 is 71.2 Å². The van der Waals surface area contributed by atoms with Crippen LogP contribution in [0, 0.1) is 0 Å². The lowest BCUT2D eigenvalue weighted by atomic mass is 9.78. The van der Waals surface area contributed by atoms with Crippen LogP contribution in [0.4, 0.5) is 17.1 Å². The fourth-order valence-corrected chi connectivity index (χ4v) is 10.7. The van der Waals surface area contributed by atoms with Crippen molar-refractivity contribution in [3.05, 3.63) is 204 Å². The van der Waals surface area contributed by atoms with Crippen LogP contribution in [0.2, 0.25) is 0 Å². The molecule has 0 N–H and O–H groups in total. The third-order valence-corrected chi connectivity index (χ3v) is 14.9. The van der Waals surface area contributed by atoms with Gasteiger partial charge in [-0.3, -0.25) is 0 Å². The van der Waals surface area contributed by atoms with Crippen LogP contribution >= 0.6 is 0 Å². The molecule has 0 bridgehead atoms. The van der Waals surface area contributed by atoms with Crippen LogP contribution in [0.25, 0.3) is 82.1 Å². The molecule has 0 aliphatic heterocycles. The molecule has 2 nitrogen and oxygen atoms in total. The minimum atomic E-state index is -0.126. The summed E-state index contributed by atoms with van der Waals surface area (Å²) in [6, 6.07) is 69.4. The van der Waals surface area contributed by atoms with E-state index in [1.807, 2.05) is 0 Å². The molecule has 0 saturated carbocycles. The molecule has 70 heavy (non-hydrogen) atoms. The molecule has 11 aromatic rings. The normalized spacial score (nSPS) is 12.9. The molecule has 0 atom stereocenters. The summed E-state index contributed by atoms with van der Waals surface area (Å²) in [6.07, 6.45) is 0. The van der Waals surface area contributed by atoms with Gasteiger partial charge in [0.05, 0.1) is 22.4 Å². The van der Waals surface area contributed by atoms with E-state index in [1.54, 1.807) is 0 Å². The van der Waals surface area contributed by atoms with Crippen LogP contribution < -0.4 is 4.90 Å². The van der Waals surface area contributed by atoms with Crippen LogP contribution in [-0.2, 0) is 21.7 Å². The number of fused-ring (bicyclic) bond motifs is 3. The van der Waals surface area contributed by atoms with Crippen molar-refractivity contribution in [1.82, 2.24) is 4.57 Å². The first-order valence-electron chi connectivity index (χ1n) is 25.2. The Labute approximate surface area is 415 Å². The fraction of sp³-hybridized carbons (Fsp3) is 0.235. The summed E-state index contributed by atoms with van der Waals surface area (Å²) in [5.74, 6) is 0. The summed E-state index contributed by atoms with van der Waals surface area (Å²) in [7, 11) is 0. The number of rotatable bonds is 6. The van der Waals surface area contributed by atoms with Crippen LogP contribution in [0.15, 0.2) is 182 Å². The molecular formula is C68H66N2. The Bertz CT molecular complexity index is 3710. The molecule has 0 unspecified atom stereocenters. The Morgan fingerprint density at radius 1 is 0.314 bits per heavy atom. The third kappa shape index (κ3) is 7.83. The van der Waals surface area contributed by atoms with E-state index in [4.69, 9.17) is 0 Å². The van der Waals surface area contributed by atoms with Gasteiger partial charge < -0.3 is 9.47 Å². The van der Waals surface area contributed by atoms with Gasteiger partial charge in [-0.1, -0.05) is 217 Å². The zero-order valence-electron chi connectivity index (χ0n) is 43.2. The van der Waals surface area contributed by atoms with E-state index in [9.17, 15) is 0 Å². The average molecular weight is 911 g/mol. The van der Waals surface area contributed by atoms with Gasteiger partial charge in [0.25, 0.3) is 0 Å². The molecule has 11 rings (SSSR count). The van der Waals surface area contributed by atoms with Crippen LogP contribution in [0.5, 0.6) is 0 Å². The topological polar surface area (TPSA) is 8.17 Å². The third-order valence-electron chi connectivity index (χ3n) is 14.9. The molecule has 0 aliphatic carbocycles. The summed E-state index contributed by atoms with van der Waals surface area (Å²) >= 11 is 0. The Hall–Kier alpha value is -7.16. The minimum absolute atomic E-state index is 0.0170. The number of anilines is 3. The lowest BCUT2D eigenvalue weighted by Gasteiger charge is -2.32. The second-order valence-electron chi connectivity index (χ2n) is 24.0. The smallest absolute Gasteiger partial charge is 0.0541 e. The number of nitrogens with zero attached hydrogens (tertiary/aromatic N) is 2. The van der Waals surface area contributed by atoms with Gasteiger partial charge >= 0.3 is 0 Å². The van der Waals surface area contributed by atoms with E-state index in [2.05, 4.69) is 275 Å². The van der Waals surface area contributed by atoms with Crippen molar-refractivity contribution in [3.8, 4) is 27.9 Å². The van der Waals surface area contributed by atoms with Crippen molar-refractivity contribution in [3.63, 3.8) is 0 Å². The molecule has 2 heteroatoms. The van der Waals surface area contributed by atoms with E-state index in [-0.39, 0.29) is 21.7 Å². The van der Waals surface area contributed by atoms with Crippen molar-refractivity contribution in [1.29, 1.82) is 0 Å². The number of para-hydroxylation sites is 2. The maximum Gasteiger partial charge on any atom is 0.0541 e. The molecule has 1 aromatic heterocycles. The maximum atomic E-state index is 2.58. The Kier molecular flexibility index (Phi) is 10.5. The van der Waals surface area contributed by atoms with E-state index in [0.717, 1.165) is 17.1 Å². The van der Waals surface area contributed by atoms with Crippen molar-refractivity contribution in [2.45, 2.75) is 105 Å². The largest absolute Gasteiger partial charge is 0.310 e. The molecule has 1 heterocycles. The molecule has 348 valence electrons. The van der Waals surface area contributed by atoms with Crippen LogP contribution in [0.3, 0.4) is 0 Å². The lowest BCUT2D eigenvalue weighted by molar-refractivity contribution is 0.569. The Morgan fingerprint density at radius 2 is 0.714 bits per heavy atom. The predicted molar refractivity (Wildman–Crippen MR) is 305 cm³/mol. The van der Waals surface area contributed by atoms with Crippen molar-refractivity contribution in [2.75, 3.05) is 4.90 Å². The van der Waals surface area contributed by atoms with Crippen LogP contribution in [-0.4, -0.2) is 4.57 Å². The predicted octanol–water partition coefficient (Wildman–Crippen LogP) is 19.7. The first kappa shape index (κ1) is 45.3. The Balaban J connectivity index is 1.23. The summed E-state index contributed by atoms with van der Waals surface area (Å²) in [6.45, 7) is 28.1. The van der Waals surface area contributed by atoms with Gasteiger partial charge in [0.1, 0.15) is 0 Å². The zero-order valence-corrected chi connectivity index (χ0v) is 43.2. The summed E-state index contributed by atoms with van der Waals surface area (Å²) in [4.78, 5) is 2.58. The van der Waals surface area contributed by atoms with Gasteiger partial charge in [0.15, 0.2) is 0 Å². The Morgan fingerprint density at radius 3 is 1.23 bits per heavy atom. The second kappa shape index (κ2) is 16.2.